The van der Waals surface area contributed by atoms with Crippen LogP contribution in [0.5, 0.6) is 0 Å². The Morgan fingerprint density at radius 1 is 1.38 bits per heavy atom. The van der Waals surface area contributed by atoms with E-state index in [9.17, 15) is 4.79 Å². The van der Waals surface area contributed by atoms with Crippen LogP contribution >= 0.6 is 0 Å². The number of rotatable bonds is 3. The summed E-state index contributed by atoms with van der Waals surface area (Å²) in [5.41, 5.74) is 7.18. The largest absolute Gasteiger partial charge is 0.325 e. The van der Waals surface area contributed by atoms with Crippen LogP contribution in [-0.4, -0.2) is 27.1 Å². The zero-order chi connectivity index (χ0) is 15.6. The van der Waals surface area contributed by atoms with Crippen LogP contribution in [-0.2, 0) is 4.79 Å². The highest BCUT2D eigenvalue weighted by molar-refractivity contribution is 5.95. The second-order valence-corrected chi connectivity index (χ2v) is 6.16. The molecule has 4 N–H and O–H groups in total. The number of nitrogens with one attached hydrogen (secondary N) is 2. The Balaban J connectivity index is 2.17. The number of carbonyl (C=O) groups is 1. The number of aromatic nitrogens is 3. The number of H-pyrrole nitrogens is 1. The van der Waals surface area contributed by atoms with Gasteiger partial charge in [0, 0.05) is 11.3 Å². The van der Waals surface area contributed by atoms with E-state index >= 15 is 0 Å². The maximum atomic E-state index is 12.1. The van der Waals surface area contributed by atoms with Crippen LogP contribution in [0.3, 0.4) is 0 Å². The first-order chi connectivity index (χ1) is 9.77. The summed E-state index contributed by atoms with van der Waals surface area (Å²) in [5, 5.41) is 9.74. The molecule has 2 rings (SSSR count). The van der Waals surface area contributed by atoms with Gasteiger partial charge < -0.3 is 11.1 Å². The molecule has 6 heteroatoms. The van der Waals surface area contributed by atoms with E-state index in [2.05, 4.69) is 20.5 Å². The summed E-state index contributed by atoms with van der Waals surface area (Å²) in [7, 11) is 0. The molecule has 1 amide bonds. The Bertz CT molecular complexity index is 642. The minimum Gasteiger partial charge on any atom is -0.325 e. The van der Waals surface area contributed by atoms with E-state index in [1.165, 1.54) is 0 Å². The van der Waals surface area contributed by atoms with Crippen LogP contribution in [0.15, 0.2) is 24.3 Å². The van der Waals surface area contributed by atoms with Crippen LogP contribution in [0.4, 0.5) is 5.69 Å². The number of carbonyl (C=O) groups excluding carboxylic acids is 1. The number of amides is 1. The molecule has 1 heterocycles. The maximum absolute atomic E-state index is 12.1. The first kappa shape index (κ1) is 15.2. The summed E-state index contributed by atoms with van der Waals surface area (Å²) in [6, 6.07) is 6.81. The van der Waals surface area contributed by atoms with Crippen molar-refractivity contribution in [3.05, 3.63) is 30.1 Å². The molecule has 2 aromatic rings. The standard InChI is InChI=1S/C15H21N5O/c1-9-17-13(20-19-9)10-6-5-7-11(8-10)18-14(21)12(16)15(2,3)4/h5-8,12H,16H2,1-4H3,(H,18,21)(H,17,19,20)/t12-/m1/s1. The van der Waals surface area contributed by atoms with Gasteiger partial charge in [-0.25, -0.2) is 4.98 Å². The van der Waals surface area contributed by atoms with Gasteiger partial charge in [0.25, 0.3) is 0 Å². The van der Waals surface area contributed by atoms with Gasteiger partial charge in [-0.3, -0.25) is 9.89 Å². The third kappa shape index (κ3) is 3.66. The fourth-order valence-electron chi connectivity index (χ4n) is 1.82. The molecule has 6 nitrogen and oxygen atoms in total. The van der Waals surface area contributed by atoms with Gasteiger partial charge in [-0.15, -0.1) is 0 Å². The molecule has 21 heavy (non-hydrogen) atoms. The van der Waals surface area contributed by atoms with Crippen molar-refractivity contribution in [1.82, 2.24) is 15.2 Å². The van der Waals surface area contributed by atoms with E-state index in [0.717, 1.165) is 11.4 Å². The van der Waals surface area contributed by atoms with Gasteiger partial charge in [0.05, 0.1) is 6.04 Å². The van der Waals surface area contributed by atoms with Crippen molar-refractivity contribution in [2.24, 2.45) is 11.1 Å². The van der Waals surface area contributed by atoms with Crippen LogP contribution < -0.4 is 11.1 Å². The number of benzene rings is 1. The molecular formula is C15H21N5O. The van der Waals surface area contributed by atoms with Crippen molar-refractivity contribution in [3.63, 3.8) is 0 Å². The molecule has 0 saturated heterocycles. The molecule has 1 aromatic carbocycles. The van der Waals surface area contributed by atoms with Crippen molar-refractivity contribution in [2.45, 2.75) is 33.7 Å². The molecule has 0 aliphatic rings. The number of hydrogen-bond donors (Lipinski definition) is 3. The van der Waals surface area contributed by atoms with E-state index < -0.39 is 6.04 Å². The van der Waals surface area contributed by atoms with Gasteiger partial charge in [-0.2, -0.15) is 5.10 Å². The van der Waals surface area contributed by atoms with Gasteiger partial charge in [0.15, 0.2) is 5.82 Å². The molecule has 0 aliphatic carbocycles. The molecule has 0 radical (unpaired) electrons. The number of anilines is 1. The molecule has 112 valence electrons. The Morgan fingerprint density at radius 3 is 2.67 bits per heavy atom. The Labute approximate surface area is 124 Å². The third-order valence-corrected chi connectivity index (χ3v) is 3.20. The summed E-state index contributed by atoms with van der Waals surface area (Å²) in [4.78, 5) is 16.4. The smallest absolute Gasteiger partial charge is 0.241 e. The molecule has 0 bridgehead atoms. The summed E-state index contributed by atoms with van der Waals surface area (Å²) >= 11 is 0. The molecular weight excluding hydrogens is 266 g/mol. The highest BCUT2D eigenvalue weighted by atomic mass is 16.2. The second kappa shape index (κ2) is 5.65. The van der Waals surface area contributed by atoms with E-state index in [0.29, 0.717) is 11.5 Å². The van der Waals surface area contributed by atoms with E-state index in [-0.39, 0.29) is 11.3 Å². The SMILES string of the molecule is Cc1nc(-c2cccc(NC(=O)[C@@H](N)C(C)(C)C)c2)n[nH]1. The highest BCUT2D eigenvalue weighted by Crippen LogP contribution is 2.22. The predicted molar refractivity (Wildman–Crippen MR) is 82.6 cm³/mol. The highest BCUT2D eigenvalue weighted by Gasteiger charge is 2.27. The van der Waals surface area contributed by atoms with Crippen molar-refractivity contribution in [3.8, 4) is 11.4 Å². The molecule has 1 atom stereocenters. The minimum atomic E-state index is -0.577. The lowest BCUT2D eigenvalue weighted by Gasteiger charge is -2.25. The second-order valence-electron chi connectivity index (χ2n) is 6.16. The number of nitrogens with two attached hydrogens (primary N) is 1. The zero-order valence-corrected chi connectivity index (χ0v) is 12.8. The number of aryl methyl sites for hydroxylation is 1. The lowest BCUT2D eigenvalue weighted by molar-refractivity contribution is -0.119. The Hall–Kier alpha value is -2.21. The third-order valence-electron chi connectivity index (χ3n) is 3.20. The monoisotopic (exact) mass is 287 g/mol. The van der Waals surface area contributed by atoms with Crippen LogP contribution in [0, 0.1) is 12.3 Å². The van der Waals surface area contributed by atoms with Gasteiger partial charge >= 0.3 is 0 Å². The molecule has 0 spiro atoms. The average molecular weight is 287 g/mol. The summed E-state index contributed by atoms with van der Waals surface area (Å²) in [6.45, 7) is 7.64. The molecule has 0 unspecified atom stereocenters. The lowest BCUT2D eigenvalue weighted by atomic mass is 9.87. The van der Waals surface area contributed by atoms with Gasteiger partial charge in [0.2, 0.25) is 5.91 Å². The van der Waals surface area contributed by atoms with Gasteiger partial charge in [-0.1, -0.05) is 32.9 Å². The normalized spacial score (nSPS) is 13.0. The zero-order valence-electron chi connectivity index (χ0n) is 12.8. The minimum absolute atomic E-state index is 0.203. The molecule has 0 aliphatic heterocycles. The summed E-state index contributed by atoms with van der Waals surface area (Å²) < 4.78 is 0. The van der Waals surface area contributed by atoms with Crippen LogP contribution in [0.2, 0.25) is 0 Å². The predicted octanol–water partition coefficient (Wildman–Crippen LogP) is 2.09. The summed E-state index contributed by atoms with van der Waals surface area (Å²) in [5.74, 6) is 1.14. The first-order valence-corrected chi connectivity index (χ1v) is 6.83. The Morgan fingerprint density at radius 2 is 2.10 bits per heavy atom. The van der Waals surface area contributed by atoms with E-state index in [1.807, 2.05) is 52.0 Å². The van der Waals surface area contributed by atoms with Crippen molar-refractivity contribution in [2.75, 3.05) is 5.32 Å². The van der Waals surface area contributed by atoms with Crippen LogP contribution in [0.25, 0.3) is 11.4 Å². The quantitative estimate of drug-likeness (QED) is 0.805. The van der Waals surface area contributed by atoms with Gasteiger partial charge in [-0.05, 0) is 24.5 Å². The fourth-order valence-corrected chi connectivity index (χ4v) is 1.82. The fraction of sp³-hybridized carbons (Fsp3) is 0.400. The van der Waals surface area contributed by atoms with Crippen molar-refractivity contribution in [1.29, 1.82) is 0 Å². The number of hydrogen-bond acceptors (Lipinski definition) is 4. The molecule has 1 aromatic heterocycles. The topological polar surface area (TPSA) is 96.7 Å². The van der Waals surface area contributed by atoms with E-state index in [1.54, 1.807) is 0 Å². The Kier molecular flexibility index (Phi) is 4.09. The lowest BCUT2D eigenvalue weighted by Crippen LogP contribution is -2.45. The average Bonchev–Trinajstić information content (AvgIpc) is 2.84. The van der Waals surface area contributed by atoms with Gasteiger partial charge in [0.1, 0.15) is 5.82 Å². The van der Waals surface area contributed by atoms with E-state index in [4.69, 9.17) is 5.73 Å². The summed E-state index contributed by atoms with van der Waals surface area (Å²) in [6.07, 6.45) is 0. The number of aromatic amines is 1. The maximum Gasteiger partial charge on any atom is 0.241 e. The van der Waals surface area contributed by atoms with Crippen LogP contribution in [0.1, 0.15) is 26.6 Å². The molecule has 0 fully saturated rings. The molecule has 0 saturated carbocycles. The number of nitrogens with zero attached hydrogens (tertiary/aromatic N) is 2. The van der Waals surface area contributed by atoms with Crippen molar-refractivity contribution >= 4 is 11.6 Å². The van der Waals surface area contributed by atoms with Crippen molar-refractivity contribution < 1.29 is 4.79 Å². The first-order valence-electron chi connectivity index (χ1n) is 6.83.